The first-order chi connectivity index (χ1) is 14.6. The van der Waals surface area contributed by atoms with Gasteiger partial charge in [-0.15, -0.1) is 11.8 Å². The van der Waals surface area contributed by atoms with Crippen LogP contribution < -0.4 is 0 Å². The van der Waals surface area contributed by atoms with Gasteiger partial charge in [0, 0.05) is 16.9 Å². The van der Waals surface area contributed by atoms with Crippen molar-refractivity contribution in [3.63, 3.8) is 0 Å². The van der Waals surface area contributed by atoms with Crippen molar-refractivity contribution in [2.24, 2.45) is 0 Å². The molecule has 0 fully saturated rings. The third-order valence-electron chi connectivity index (χ3n) is 4.91. The summed E-state index contributed by atoms with van der Waals surface area (Å²) in [6.45, 7) is 6.02. The molecule has 0 aliphatic heterocycles. The van der Waals surface area contributed by atoms with Gasteiger partial charge in [0.05, 0.1) is 6.20 Å². The van der Waals surface area contributed by atoms with E-state index in [1.165, 1.54) is 10.5 Å². The zero-order valence-electron chi connectivity index (χ0n) is 18.6. The van der Waals surface area contributed by atoms with Gasteiger partial charge in [-0.1, -0.05) is 60.9 Å². The van der Waals surface area contributed by atoms with Gasteiger partial charge < -0.3 is 4.42 Å². The Balaban J connectivity index is 1.78. The Morgan fingerprint density at radius 3 is 2.60 bits per heavy atom. The number of Topliss-reactive ketones (excluding diaryl/α,β-unsaturated/α-hetero) is 1. The monoisotopic (exact) mass is 423 g/mol. The van der Waals surface area contributed by atoms with Crippen molar-refractivity contribution in [2.45, 2.75) is 64.2 Å². The molecule has 0 amide bonds. The molecule has 0 spiro atoms. The average Bonchev–Trinajstić information content (AvgIpc) is 3.23. The number of rotatable bonds is 12. The lowest BCUT2D eigenvalue weighted by Gasteiger charge is -2.06. The summed E-state index contributed by atoms with van der Waals surface area (Å²) in [5, 5.41) is 0. The second-order valence-corrected chi connectivity index (χ2v) is 8.33. The highest BCUT2D eigenvalue weighted by molar-refractivity contribution is 7.98. The molecule has 0 saturated heterocycles. The van der Waals surface area contributed by atoms with E-state index in [0.717, 1.165) is 43.3 Å². The second-order valence-electron chi connectivity index (χ2n) is 7.48. The molecular formula is C26H33NO2S. The van der Waals surface area contributed by atoms with E-state index in [4.69, 9.17) is 4.42 Å². The summed E-state index contributed by atoms with van der Waals surface area (Å²) in [6, 6.07) is 8.59. The van der Waals surface area contributed by atoms with Crippen molar-refractivity contribution in [1.82, 2.24) is 4.98 Å². The predicted octanol–water partition coefficient (Wildman–Crippen LogP) is 7.70. The van der Waals surface area contributed by atoms with Crippen molar-refractivity contribution >= 4 is 23.1 Å². The number of ketones is 1. The average molecular weight is 424 g/mol. The highest BCUT2D eigenvalue weighted by Crippen LogP contribution is 2.23. The van der Waals surface area contributed by atoms with Crippen molar-refractivity contribution < 1.29 is 9.21 Å². The minimum atomic E-state index is -0.0143. The number of carbonyl (C=O) groups excluding carboxylic acids is 1. The number of aryl methyl sites for hydroxylation is 1. The summed E-state index contributed by atoms with van der Waals surface area (Å²) in [5.74, 6) is 0.850. The summed E-state index contributed by atoms with van der Waals surface area (Å²) in [7, 11) is 0. The minimum Gasteiger partial charge on any atom is -0.434 e. The van der Waals surface area contributed by atoms with Crippen molar-refractivity contribution in [3.05, 3.63) is 77.6 Å². The van der Waals surface area contributed by atoms with E-state index in [2.05, 4.69) is 35.5 Å². The lowest BCUT2D eigenvalue weighted by Crippen LogP contribution is -1.99. The number of oxazole rings is 1. The van der Waals surface area contributed by atoms with E-state index in [9.17, 15) is 4.79 Å². The molecule has 0 atom stereocenters. The fraction of sp³-hybridized carbons (Fsp3) is 0.385. The van der Waals surface area contributed by atoms with Gasteiger partial charge in [0.1, 0.15) is 0 Å². The lowest BCUT2D eigenvalue weighted by atomic mass is 10.0. The quantitative estimate of drug-likeness (QED) is 0.152. The van der Waals surface area contributed by atoms with E-state index in [-0.39, 0.29) is 11.7 Å². The van der Waals surface area contributed by atoms with Crippen LogP contribution in [0.5, 0.6) is 0 Å². The number of allylic oxidation sites excluding steroid dienone is 6. The highest BCUT2D eigenvalue weighted by atomic mass is 32.2. The molecule has 0 saturated carbocycles. The van der Waals surface area contributed by atoms with Crippen LogP contribution in [0.25, 0.3) is 5.57 Å². The molecule has 2 rings (SSSR count). The SMILES string of the molecule is C/C=C\C=C/C(=C(C)C)c1cnc(C(=O)CCCCCCc2ccccc2SC)o1. The molecule has 2 aromatic rings. The van der Waals surface area contributed by atoms with E-state index in [1.807, 2.05) is 45.1 Å². The Morgan fingerprint density at radius 2 is 1.87 bits per heavy atom. The minimum absolute atomic E-state index is 0.0143. The number of aromatic nitrogens is 1. The first-order valence-electron chi connectivity index (χ1n) is 10.6. The van der Waals surface area contributed by atoms with Crippen LogP contribution in [-0.2, 0) is 6.42 Å². The number of nitrogens with zero attached hydrogens (tertiary/aromatic N) is 1. The highest BCUT2D eigenvalue weighted by Gasteiger charge is 2.15. The summed E-state index contributed by atoms with van der Waals surface area (Å²) in [6.07, 6.45) is 17.4. The van der Waals surface area contributed by atoms with E-state index < -0.39 is 0 Å². The maximum atomic E-state index is 12.4. The Labute approximate surface area is 185 Å². The lowest BCUT2D eigenvalue weighted by molar-refractivity contribution is 0.0945. The van der Waals surface area contributed by atoms with Gasteiger partial charge in [0.25, 0.3) is 5.89 Å². The van der Waals surface area contributed by atoms with Crippen LogP contribution in [0.2, 0.25) is 0 Å². The maximum absolute atomic E-state index is 12.4. The molecule has 1 aromatic carbocycles. The van der Waals surface area contributed by atoms with E-state index in [1.54, 1.807) is 18.0 Å². The van der Waals surface area contributed by atoms with E-state index in [0.29, 0.717) is 12.2 Å². The van der Waals surface area contributed by atoms with Crippen molar-refractivity contribution in [1.29, 1.82) is 0 Å². The summed E-state index contributed by atoms with van der Waals surface area (Å²) < 4.78 is 5.76. The normalized spacial score (nSPS) is 11.5. The molecule has 0 aliphatic rings. The van der Waals surface area contributed by atoms with Gasteiger partial charge in [-0.25, -0.2) is 4.98 Å². The van der Waals surface area contributed by atoms with Crippen LogP contribution >= 0.6 is 11.8 Å². The van der Waals surface area contributed by atoms with Gasteiger partial charge in [0.15, 0.2) is 5.76 Å². The molecule has 4 heteroatoms. The molecule has 1 heterocycles. The molecule has 1 aromatic heterocycles. The van der Waals surface area contributed by atoms with Gasteiger partial charge in [-0.2, -0.15) is 0 Å². The Bertz CT molecular complexity index is 901. The molecule has 30 heavy (non-hydrogen) atoms. The molecule has 0 N–H and O–H groups in total. The van der Waals surface area contributed by atoms with Crippen LogP contribution in [0, 0.1) is 0 Å². The first-order valence-corrected chi connectivity index (χ1v) is 11.9. The number of benzene rings is 1. The molecule has 160 valence electrons. The maximum Gasteiger partial charge on any atom is 0.263 e. The van der Waals surface area contributed by atoms with E-state index >= 15 is 0 Å². The van der Waals surface area contributed by atoms with Crippen molar-refractivity contribution in [3.8, 4) is 0 Å². The zero-order chi connectivity index (χ0) is 21.8. The molecule has 3 nitrogen and oxygen atoms in total. The number of hydrogen-bond donors (Lipinski definition) is 0. The van der Waals surface area contributed by atoms with Gasteiger partial charge in [-0.05, 0) is 57.9 Å². The van der Waals surface area contributed by atoms with Crippen LogP contribution in [-0.4, -0.2) is 17.0 Å². The van der Waals surface area contributed by atoms with Gasteiger partial charge >= 0.3 is 0 Å². The third-order valence-corrected chi connectivity index (χ3v) is 5.75. The zero-order valence-corrected chi connectivity index (χ0v) is 19.4. The summed E-state index contributed by atoms with van der Waals surface area (Å²) >= 11 is 1.80. The number of thioether (sulfide) groups is 1. The summed E-state index contributed by atoms with van der Waals surface area (Å²) in [5.41, 5.74) is 3.51. The van der Waals surface area contributed by atoms with Crippen LogP contribution in [0.15, 0.2) is 69.7 Å². The van der Waals surface area contributed by atoms with Crippen LogP contribution in [0.1, 0.15) is 74.9 Å². The molecule has 0 bridgehead atoms. The standard InChI is InChI=1S/C26H33NO2S/c1-5-6-9-16-22(20(2)3)24-19-27-26(29-24)23(28)17-11-8-7-10-14-21-15-12-13-18-25(21)30-4/h5-6,9,12-13,15-16,18-19H,7-8,10-11,14,17H2,1-4H3/b6-5-,16-9-. The fourth-order valence-electron chi connectivity index (χ4n) is 3.26. The number of unbranched alkanes of at least 4 members (excludes halogenated alkanes) is 3. The first kappa shape index (κ1) is 23.9. The smallest absolute Gasteiger partial charge is 0.263 e. The molecule has 0 unspecified atom stereocenters. The largest absolute Gasteiger partial charge is 0.434 e. The summed E-state index contributed by atoms with van der Waals surface area (Å²) in [4.78, 5) is 18.0. The second kappa shape index (κ2) is 13.1. The number of hydrogen-bond acceptors (Lipinski definition) is 4. The predicted molar refractivity (Wildman–Crippen MR) is 128 cm³/mol. The third kappa shape index (κ3) is 7.49. The Morgan fingerprint density at radius 1 is 1.10 bits per heavy atom. The van der Waals surface area contributed by atoms with Crippen LogP contribution in [0.3, 0.4) is 0 Å². The number of carbonyl (C=O) groups is 1. The van der Waals surface area contributed by atoms with Crippen molar-refractivity contribution in [2.75, 3.05) is 6.26 Å². The van der Waals surface area contributed by atoms with Gasteiger partial charge in [0.2, 0.25) is 5.78 Å². The molecule has 0 aliphatic carbocycles. The Hall–Kier alpha value is -2.33. The molecule has 0 radical (unpaired) electrons. The Kier molecular flexibility index (Phi) is 10.4. The fourth-order valence-corrected chi connectivity index (χ4v) is 3.90. The van der Waals surface area contributed by atoms with Crippen LogP contribution in [0.4, 0.5) is 0 Å². The topological polar surface area (TPSA) is 43.1 Å². The van der Waals surface area contributed by atoms with Gasteiger partial charge in [-0.3, -0.25) is 4.79 Å². The molecular weight excluding hydrogens is 390 g/mol.